The molecule has 0 radical (unpaired) electrons. The Morgan fingerprint density at radius 1 is 0.833 bits per heavy atom. The van der Waals surface area contributed by atoms with Crippen molar-refractivity contribution in [1.29, 1.82) is 0 Å². The van der Waals surface area contributed by atoms with Crippen molar-refractivity contribution in [2.75, 3.05) is 18.0 Å². The summed E-state index contributed by atoms with van der Waals surface area (Å²) >= 11 is 0. The Morgan fingerprint density at radius 2 is 1.37 bits per heavy atom. The molecule has 1 unspecified atom stereocenters. The minimum Gasteiger partial charge on any atom is -0.490 e. The lowest BCUT2D eigenvalue weighted by molar-refractivity contribution is 0.228. The normalized spacial score (nSPS) is 16.5. The van der Waals surface area contributed by atoms with Crippen LogP contribution in [0.2, 0.25) is 0 Å². The molecule has 2 heteroatoms. The van der Waals surface area contributed by atoms with Crippen molar-refractivity contribution in [3.8, 4) is 5.75 Å². The summed E-state index contributed by atoms with van der Waals surface area (Å²) in [6, 6.07) is 13.1. The maximum absolute atomic E-state index is 5.96. The van der Waals surface area contributed by atoms with Crippen LogP contribution in [-0.4, -0.2) is 19.2 Å². The predicted octanol–water partition coefficient (Wildman–Crippen LogP) is 8.05. The molecule has 2 heterocycles. The van der Waals surface area contributed by atoms with Crippen LogP contribution in [-0.2, 0) is 6.42 Å². The van der Waals surface area contributed by atoms with Gasteiger partial charge in [-0.25, -0.2) is 0 Å². The smallest absolute Gasteiger partial charge is 0.123 e. The van der Waals surface area contributed by atoms with Crippen LogP contribution in [0.5, 0.6) is 5.75 Å². The number of benzene rings is 2. The van der Waals surface area contributed by atoms with Crippen molar-refractivity contribution >= 4 is 5.69 Å². The number of anilines is 1. The Hall–Kier alpha value is -1.96. The second-order valence-corrected chi connectivity index (χ2v) is 7.80. The third-order valence-electron chi connectivity index (χ3n) is 5.49. The lowest BCUT2D eigenvalue weighted by Crippen LogP contribution is -2.30. The van der Waals surface area contributed by atoms with Crippen molar-refractivity contribution in [1.82, 2.24) is 0 Å². The van der Waals surface area contributed by atoms with Gasteiger partial charge in [-0.15, -0.1) is 0 Å². The van der Waals surface area contributed by atoms with E-state index in [1.54, 1.807) is 0 Å². The van der Waals surface area contributed by atoms with Crippen LogP contribution >= 0.6 is 0 Å². The molecule has 168 valence electrons. The van der Waals surface area contributed by atoms with E-state index >= 15 is 0 Å². The average molecular weight is 412 g/mol. The van der Waals surface area contributed by atoms with Crippen molar-refractivity contribution in [2.24, 2.45) is 0 Å². The molecule has 4 rings (SSSR count). The molecule has 2 aromatic carbocycles. The Balaban J connectivity index is 0.000000315. The van der Waals surface area contributed by atoms with E-state index in [1.807, 2.05) is 27.7 Å². The molecule has 2 aliphatic heterocycles. The molecular formula is C28H45NO. The summed E-state index contributed by atoms with van der Waals surface area (Å²) < 4.78 is 5.96. The standard InChI is InChI=1S/C16H23NO.C8H10.2C2H6/c1-3-14-10-13-11-15(12(2)9-16(13)18-14)17-7-5-4-6-8-17;1-7-3-5-8(2)6-4-7;2*1-2/h9,11,14H,3-8,10H2,1-2H3;3-6H,1-2H3;2*1-2H3. The molecule has 1 atom stereocenters. The maximum Gasteiger partial charge on any atom is 0.123 e. The molecule has 2 nitrogen and oxygen atoms in total. The molecular weight excluding hydrogens is 366 g/mol. The number of piperidine rings is 1. The summed E-state index contributed by atoms with van der Waals surface area (Å²) in [5.41, 5.74) is 6.88. The van der Waals surface area contributed by atoms with Gasteiger partial charge >= 0.3 is 0 Å². The molecule has 0 aromatic heterocycles. The summed E-state index contributed by atoms with van der Waals surface area (Å²) in [5, 5.41) is 0. The molecule has 2 aromatic rings. The first kappa shape index (κ1) is 26.1. The monoisotopic (exact) mass is 411 g/mol. The Morgan fingerprint density at radius 3 is 1.87 bits per heavy atom. The number of nitrogens with zero attached hydrogens (tertiary/aromatic N) is 1. The van der Waals surface area contributed by atoms with Crippen LogP contribution in [0.15, 0.2) is 36.4 Å². The van der Waals surface area contributed by atoms with Crippen LogP contribution < -0.4 is 9.64 Å². The first-order valence-electron chi connectivity index (χ1n) is 12.1. The molecule has 0 saturated carbocycles. The highest BCUT2D eigenvalue weighted by Crippen LogP contribution is 2.36. The fraction of sp³-hybridized carbons (Fsp3) is 0.571. The zero-order valence-corrected chi connectivity index (χ0v) is 20.8. The van der Waals surface area contributed by atoms with Gasteiger partial charge in [-0.05, 0) is 69.7 Å². The van der Waals surface area contributed by atoms with Crippen LogP contribution in [0.1, 0.15) is 82.6 Å². The van der Waals surface area contributed by atoms with Gasteiger partial charge in [-0.2, -0.15) is 0 Å². The van der Waals surface area contributed by atoms with Gasteiger partial charge in [0.25, 0.3) is 0 Å². The van der Waals surface area contributed by atoms with Crippen LogP contribution in [0.3, 0.4) is 0 Å². The highest BCUT2D eigenvalue weighted by atomic mass is 16.5. The summed E-state index contributed by atoms with van der Waals surface area (Å²) in [7, 11) is 0. The van der Waals surface area contributed by atoms with E-state index in [4.69, 9.17) is 4.74 Å². The molecule has 0 aliphatic carbocycles. The minimum absolute atomic E-state index is 0.399. The molecule has 0 spiro atoms. The van der Waals surface area contributed by atoms with E-state index in [-0.39, 0.29) is 0 Å². The zero-order chi connectivity index (χ0) is 22.5. The fourth-order valence-corrected chi connectivity index (χ4v) is 3.79. The van der Waals surface area contributed by atoms with Gasteiger partial charge in [-0.3, -0.25) is 0 Å². The third-order valence-corrected chi connectivity index (χ3v) is 5.49. The number of hydrogen-bond donors (Lipinski definition) is 0. The lowest BCUT2D eigenvalue weighted by Gasteiger charge is -2.30. The SMILES string of the molecule is CC.CC.CCC1Cc2cc(N3CCCCC3)c(C)cc2O1.Cc1ccc(C)cc1. The second kappa shape index (κ2) is 14.1. The van der Waals surface area contributed by atoms with E-state index in [0.29, 0.717) is 6.10 Å². The fourth-order valence-electron chi connectivity index (χ4n) is 3.79. The summed E-state index contributed by atoms with van der Waals surface area (Å²) in [5.74, 6) is 1.13. The van der Waals surface area contributed by atoms with Crippen molar-refractivity contribution < 1.29 is 4.74 Å². The van der Waals surface area contributed by atoms with E-state index in [1.165, 1.54) is 60.3 Å². The van der Waals surface area contributed by atoms with Gasteiger partial charge in [-0.1, -0.05) is 70.0 Å². The van der Waals surface area contributed by atoms with Gasteiger partial charge in [0.05, 0.1) is 0 Å². The Labute approximate surface area is 186 Å². The maximum atomic E-state index is 5.96. The van der Waals surface area contributed by atoms with Gasteiger partial charge in [0.2, 0.25) is 0 Å². The molecule has 0 amide bonds. The second-order valence-electron chi connectivity index (χ2n) is 7.80. The lowest BCUT2D eigenvalue weighted by atomic mass is 10.0. The molecule has 1 fully saturated rings. The third kappa shape index (κ3) is 7.70. The minimum atomic E-state index is 0.399. The molecule has 0 bridgehead atoms. The number of hydrogen-bond acceptors (Lipinski definition) is 2. The van der Waals surface area contributed by atoms with E-state index in [9.17, 15) is 0 Å². The summed E-state index contributed by atoms with van der Waals surface area (Å²) in [6.07, 6.45) is 6.66. The quantitative estimate of drug-likeness (QED) is 0.495. The first-order chi connectivity index (χ1) is 14.6. The largest absolute Gasteiger partial charge is 0.490 e. The Bertz CT molecular complexity index is 693. The Kier molecular flexibility index (Phi) is 12.3. The van der Waals surface area contributed by atoms with Gasteiger partial charge < -0.3 is 9.64 Å². The van der Waals surface area contributed by atoms with Crippen LogP contribution in [0.4, 0.5) is 5.69 Å². The van der Waals surface area contributed by atoms with E-state index in [2.05, 4.69) is 69.0 Å². The van der Waals surface area contributed by atoms with E-state index in [0.717, 1.165) is 18.6 Å². The zero-order valence-electron chi connectivity index (χ0n) is 20.8. The predicted molar refractivity (Wildman–Crippen MR) is 134 cm³/mol. The summed E-state index contributed by atoms with van der Waals surface area (Å²) in [6.45, 7) is 19.1. The highest BCUT2D eigenvalue weighted by Gasteiger charge is 2.24. The topological polar surface area (TPSA) is 12.5 Å². The van der Waals surface area contributed by atoms with Gasteiger partial charge in [0, 0.05) is 25.2 Å². The molecule has 30 heavy (non-hydrogen) atoms. The molecule has 2 aliphatic rings. The van der Waals surface area contributed by atoms with Crippen molar-refractivity contribution in [3.05, 3.63) is 58.7 Å². The number of aryl methyl sites for hydroxylation is 3. The van der Waals surface area contributed by atoms with Crippen LogP contribution in [0.25, 0.3) is 0 Å². The van der Waals surface area contributed by atoms with Crippen molar-refractivity contribution in [2.45, 2.75) is 93.6 Å². The van der Waals surface area contributed by atoms with Crippen molar-refractivity contribution in [3.63, 3.8) is 0 Å². The first-order valence-corrected chi connectivity index (χ1v) is 12.1. The van der Waals surface area contributed by atoms with Gasteiger partial charge in [0.1, 0.15) is 11.9 Å². The number of rotatable bonds is 2. The van der Waals surface area contributed by atoms with Crippen LogP contribution in [0, 0.1) is 20.8 Å². The van der Waals surface area contributed by atoms with E-state index < -0.39 is 0 Å². The number of ether oxygens (including phenoxy) is 1. The highest BCUT2D eigenvalue weighted by molar-refractivity contribution is 5.60. The number of fused-ring (bicyclic) bond motifs is 1. The molecule has 1 saturated heterocycles. The summed E-state index contributed by atoms with van der Waals surface area (Å²) in [4.78, 5) is 2.55. The average Bonchev–Trinajstić information content (AvgIpc) is 3.21. The molecule has 0 N–H and O–H groups in total. The van der Waals surface area contributed by atoms with Gasteiger partial charge in [0.15, 0.2) is 0 Å².